The Hall–Kier alpha value is -0.530. The molecule has 5 nitrogen and oxygen atoms in total. The first-order valence-corrected chi connectivity index (χ1v) is 5.40. The molecule has 0 saturated carbocycles. The number of rotatable bonds is 2. The monoisotopic (exact) mass is 212 g/mol. The number of aromatic nitrogens is 2. The maximum Gasteiger partial charge on any atom is 0.290 e. The molecule has 1 rings (SSSR count). The minimum Gasteiger partial charge on any atom is -0.295 e. The van der Waals surface area contributed by atoms with E-state index in [0.717, 1.165) is 0 Å². The van der Waals surface area contributed by atoms with Crippen LogP contribution in [0.3, 0.4) is 0 Å². The van der Waals surface area contributed by atoms with Gasteiger partial charge in [0, 0.05) is 10.7 Å². The van der Waals surface area contributed by atoms with Gasteiger partial charge in [0.2, 0.25) is 4.34 Å². The molecule has 0 amide bonds. The smallest absolute Gasteiger partial charge is 0.290 e. The lowest BCUT2D eigenvalue weighted by molar-refractivity contribution is 0.112. The lowest BCUT2D eigenvalue weighted by atomic mass is 10.8. The van der Waals surface area contributed by atoms with E-state index >= 15 is 0 Å². The highest BCUT2D eigenvalue weighted by molar-refractivity contribution is 8.14. The van der Waals surface area contributed by atoms with Crippen LogP contribution in [0.15, 0.2) is 4.34 Å². The van der Waals surface area contributed by atoms with Crippen LogP contribution in [0, 0.1) is 0 Å². The van der Waals surface area contributed by atoms with Crippen molar-refractivity contribution in [1.29, 1.82) is 0 Å². The Balaban J connectivity index is 3.18. The molecule has 0 radical (unpaired) electrons. The van der Waals surface area contributed by atoms with Gasteiger partial charge in [-0.25, -0.2) is 8.42 Å². The number of aldehydes is 1. The Morgan fingerprint density at radius 2 is 2.09 bits per heavy atom. The SMILES string of the molecule is O=Cc1nnc(S(=O)(=O)Cl)s1. The molecule has 11 heavy (non-hydrogen) atoms. The van der Waals surface area contributed by atoms with Crippen LogP contribution in [0.2, 0.25) is 0 Å². The topological polar surface area (TPSA) is 77.0 Å². The minimum absolute atomic E-state index is 0.00998. The first-order chi connectivity index (χ1) is 5.04. The van der Waals surface area contributed by atoms with Crippen LogP contribution < -0.4 is 0 Å². The van der Waals surface area contributed by atoms with Crippen molar-refractivity contribution in [3.05, 3.63) is 5.01 Å². The van der Waals surface area contributed by atoms with Gasteiger partial charge in [-0.2, -0.15) is 0 Å². The van der Waals surface area contributed by atoms with Crippen molar-refractivity contribution < 1.29 is 13.2 Å². The molecule has 0 aliphatic rings. The summed E-state index contributed by atoms with van der Waals surface area (Å²) in [6, 6.07) is 0. The van der Waals surface area contributed by atoms with Gasteiger partial charge in [0.25, 0.3) is 9.05 Å². The molecule has 0 unspecified atom stereocenters. The summed E-state index contributed by atoms with van der Waals surface area (Å²) in [6.45, 7) is 0. The molecule has 1 aromatic heterocycles. The highest BCUT2D eigenvalue weighted by Crippen LogP contribution is 2.17. The van der Waals surface area contributed by atoms with E-state index in [1.165, 1.54) is 0 Å². The molecule has 60 valence electrons. The molecule has 0 spiro atoms. The van der Waals surface area contributed by atoms with Crippen molar-refractivity contribution in [3.63, 3.8) is 0 Å². The molecule has 0 saturated heterocycles. The first kappa shape index (κ1) is 8.57. The lowest BCUT2D eigenvalue weighted by Gasteiger charge is -1.80. The summed E-state index contributed by atoms with van der Waals surface area (Å²) in [5.74, 6) is 0. The van der Waals surface area contributed by atoms with E-state index in [9.17, 15) is 13.2 Å². The highest BCUT2D eigenvalue weighted by Gasteiger charge is 2.16. The van der Waals surface area contributed by atoms with E-state index in [0.29, 0.717) is 17.6 Å². The second kappa shape index (κ2) is 2.84. The molecule has 0 N–H and O–H groups in total. The average molecular weight is 213 g/mol. The van der Waals surface area contributed by atoms with Gasteiger partial charge in [-0.05, 0) is 0 Å². The average Bonchev–Trinajstić information content (AvgIpc) is 2.32. The van der Waals surface area contributed by atoms with Crippen molar-refractivity contribution >= 4 is 37.4 Å². The van der Waals surface area contributed by atoms with Gasteiger partial charge in [-0.1, -0.05) is 11.3 Å². The summed E-state index contributed by atoms with van der Waals surface area (Å²) in [4.78, 5) is 10.0. The molecule has 1 heterocycles. The van der Waals surface area contributed by atoms with Crippen molar-refractivity contribution in [2.24, 2.45) is 0 Å². The Morgan fingerprint density at radius 3 is 2.36 bits per heavy atom. The summed E-state index contributed by atoms with van der Waals surface area (Å²) in [6.07, 6.45) is 0.406. The fourth-order valence-corrected chi connectivity index (χ4v) is 1.93. The van der Waals surface area contributed by atoms with Gasteiger partial charge in [-0.15, -0.1) is 10.2 Å². The predicted octanol–water partition coefficient (Wildman–Crippen LogP) is 0.278. The van der Waals surface area contributed by atoms with Crippen LogP contribution in [0.1, 0.15) is 9.80 Å². The van der Waals surface area contributed by atoms with Gasteiger partial charge in [0.05, 0.1) is 0 Å². The third-order valence-corrected chi connectivity index (χ3v) is 3.49. The van der Waals surface area contributed by atoms with Crippen molar-refractivity contribution in [2.45, 2.75) is 4.34 Å². The fourth-order valence-electron chi connectivity index (χ4n) is 0.367. The van der Waals surface area contributed by atoms with Crippen molar-refractivity contribution in [2.75, 3.05) is 0 Å². The Morgan fingerprint density at radius 1 is 1.45 bits per heavy atom. The Labute approximate surface area is 70.4 Å². The Kier molecular flexibility index (Phi) is 2.21. The van der Waals surface area contributed by atoms with E-state index in [1.807, 2.05) is 0 Å². The van der Waals surface area contributed by atoms with Crippen LogP contribution >= 0.6 is 22.0 Å². The fraction of sp³-hybridized carbons (Fsp3) is 0. The normalized spacial score (nSPS) is 11.4. The molecular formula is C3HClN2O3S2. The van der Waals surface area contributed by atoms with Gasteiger partial charge >= 0.3 is 0 Å². The zero-order valence-corrected chi connectivity index (χ0v) is 7.28. The number of hydrogen-bond donors (Lipinski definition) is 0. The summed E-state index contributed by atoms with van der Waals surface area (Å²) < 4.78 is 20.7. The molecule has 0 aliphatic carbocycles. The van der Waals surface area contributed by atoms with Crippen LogP contribution in [-0.2, 0) is 9.05 Å². The van der Waals surface area contributed by atoms with Crippen LogP contribution in [0.25, 0.3) is 0 Å². The maximum atomic E-state index is 10.5. The second-order valence-corrected chi connectivity index (χ2v) is 5.21. The number of nitrogens with zero attached hydrogens (tertiary/aromatic N) is 2. The Bertz CT molecular complexity index is 370. The molecule has 0 aromatic carbocycles. The highest BCUT2D eigenvalue weighted by atomic mass is 35.7. The second-order valence-electron chi connectivity index (χ2n) is 1.46. The summed E-state index contributed by atoms with van der Waals surface area (Å²) in [7, 11) is 1.06. The molecular weight excluding hydrogens is 212 g/mol. The van der Waals surface area contributed by atoms with Crippen molar-refractivity contribution in [1.82, 2.24) is 10.2 Å². The van der Waals surface area contributed by atoms with E-state index in [1.54, 1.807) is 0 Å². The van der Waals surface area contributed by atoms with Crippen LogP contribution in [0.5, 0.6) is 0 Å². The van der Waals surface area contributed by atoms with Gasteiger partial charge < -0.3 is 0 Å². The van der Waals surface area contributed by atoms with Gasteiger partial charge in [0.15, 0.2) is 11.3 Å². The van der Waals surface area contributed by atoms with Gasteiger partial charge in [-0.3, -0.25) is 4.79 Å². The largest absolute Gasteiger partial charge is 0.295 e. The molecule has 8 heteroatoms. The summed E-state index contributed by atoms with van der Waals surface area (Å²) >= 11 is 0.630. The standard InChI is InChI=1S/C3HClN2O3S2/c4-11(8,9)3-6-5-2(1-7)10-3/h1H. The quantitative estimate of drug-likeness (QED) is 0.520. The molecule has 0 bridgehead atoms. The number of halogens is 1. The van der Waals surface area contributed by atoms with Gasteiger partial charge in [0.1, 0.15) is 0 Å². The number of carbonyl (C=O) groups excluding carboxylic acids is 1. The summed E-state index contributed by atoms with van der Waals surface area (Å²) in [5.41, 5.74) is 0. The third kappa shape index (κ3) is 1.95. The zero-order valence-electron chi connectivity index (χ0n) is 4.89. The number of carbonyl (C=O) groups is 1. The van der Waals surface area contributed by atoms with Crippen LogP contribution in [0.4, 0.5) is 0 Å². The maximum absolute atomic E-state index is 10.5. The molecule has 0 fully saturated rings. The van der Waals surface area contributed by atoms with E-state index < -0.39 is 9.05 Å². The minimum atomic E-state index is -3.83. The predicted molar refractivity (Wildman–Crippen MR) is 38.3 cm³/mol. The van der Waals surface area contributed by atoms with E-state index in [-0.39, 0.29) is 9.35 Å². The zero-order chi connectivity index (χ0) is 8.48. The van der Waals surface area contributed by atoms with E-state index in [4.69, 9.17) is 10.7 Å². The number of hydrogen-bond acceptors (Lipinski definition) is 6. The molecule has 0 atom stereocenters. The van der Waals surface area contributed by atoms with Crippen LogP contribution in [-0.4, -0.2) is 24.9 Å². The summed E-state index contributed by atoms with van der Waals surface area (Å²) in [5, 5.41) is 6.40. The van der Waals surface area contributed by atoms with Crippen molar-refractivity contribution in [3.8, 4) is 0 Å². The molecule has 1 aromatic rings. The lowest BCUT2D eigenvalue weighted by Crippen LogP contribution is -1.87. The molecule has 0 aliphatic heterocycles. The third-order valence-electron chi connectivity index (χ3n) is 0.731. The van der Waals surface area contributed by atoms with E-state index in [2.05, 4.69) is 10.2 Å². The first-order valence-electron chi connectivity index (χ1n) is 2.27.